The van der Waals surface area contributed by atoms with E-state index in [0.29, 0.717) is 18.8 Å². The van der Waals surface area contributed by atoms with E-state index in [-0.39, 0.29) is 29.1 Å². The molecular formula is C16H26N6O3S2. The fraction of sp³-hybridized carbons (Fsp3) is 0.688. The van der Waals surface area contributed by atoms with Gasteiger partial charge in [0.05, 0.1) is 6.54 Å². The Morgan fingerprint density at radius 2 is 2.22 bits per heavy atom. The van der Waals surface area contributed by atoms with Crippen molar-refractivity contribution in [3.8, 4) is 0 Å². The fourth-order valence-corrected chi connectivity index (χ4v) is 4.75. The lowest BCUT2D eigenvalue weighted by atomic mass is 10.2. The van der Waals surface area contributed by atoms with Crippen LogP contribution in [0.5, 0.6) is 0 Å². The van der Waals surface area contributed by atoms with Crippen molar-refractivity contribution in [1.29, 1.82) is 0 Å². The lowest BCUT2D eigenvalue weighted by Crippen LogP contribution is -2.37. The maximum absolute atomic E-state index is 12.4. The molecule has 2 unspecified atom stereocenters. The van der Waals surface area contributed by atoms with Crippen LogP contribution in [0.4, 0.5) is 4.79 Å². The van der Waals surface area contributed by atoms with Crippen LogP contribution in [0.25, 0.3) is 0 Å². The Bertz CT molecular complexity index is 654. The van der Waals surface area contributed by atoms with Gasteiger partial charge in [-0.1, -0.05) is 36.2 Å². The standard InChI is InChI=1S/C16H26N6O3S2/c1-5-8-25-16(24)21-10-14(27-12(2)23)9-13(21)11-26-15-17-18-19-22(15)7-6-20(3)4/h5,13-14H,1,6-11H2,2-4H3. The average molecular weight is 415 g/mol. The molecule has 2 heterocycles. The molecule has 1 fully saturated rings. The van der Waals surface area contributed by atoms with Crippen molar-refractivity contribution < 1.29 is 14.3 Å². The minimum atomic E-state index is -0.376. The van der Waals surface area contributed by atoms with E-state index in [9.17, 15) is 9.59 Å². The number of aromatic nitrogens is 4. The van der Waals surface area contributed by atoms with Gasteiger partial charge in [0.15, 0.2) is 5.12 Å². The molecule has 0 aromatic carbocycles. The number of likely N-dealkylation sites (N-methyl/N-ethyl adjacent to an activating group) is 1. The van der Waals surface area contributed by atoms with Crippen LogP contribution in [0.1, 0.15) is 13.3 Å². The number of carbonyl (C=O) groups excluding carboxylic acids is 2. The number of nitrogens with zero attached hydrogens (tertiary/aromatic N) is 6. The number of amides is 1. The molecule has 1 aliphatic rings. The molecule has 1 aliphatic heterocycles. The third kappa shape index (κ3) is 6.82. The second kappa shape index (κ2) is 10.7. The minimum Gasteiger partial charge on any atom is -0.445 e. The van der Waals surface area contributed by atoms with Crippen molar-refractivity contribution >= 4 is 34.7 Å². The third-order valence-electron chi connectivity index (χ3n) is 3.93. The number of hydrogen-bond acceptors (Lipinski definition) is 9. The third-order valence-corrected chi connectivity index (χ3v) is 6.04. The highest BCUT2D eigenvalue weighted by Gasteiger charge is 2.37. The summed E-state index contributed by atoms with van der Waals surface area (Å²) in [5, 5.41) is 12.7. The molecule has 0 bridgehead atoms. The number of thioether (sulfide) groups is 2. The summed E-state index contributed by atoms with van der Waals surface area (Å²) in [6.07, 6.45) is 1.90. The Balaban J connectivity index is 1.98. The zero-order valence-corrected chi connectivity index (χ0v) is 17.5. The van der Waals surface area contributed by atoms with Crippen LogP contribution in [0.15, 0.2) is 17.8 Å². The lowest BCUT2D eigenvalue weighted by molar-refractivity contribution is -0.109. The van der Waals surface area contributed by atoms with Crippen molar-refractivity contribution in [2.75, 3.05) is 39.5 Å². The van der Waals surface area contributed by atoms with Gasteiger partial charge in [0.25, 0.3) is 0 Å². The monoisotopic (exact) mass is 414 g/mol. The topological polar surface area (TPSA) is 93.5 Å². The van der Waals surface area contributed by atoms with Gasteiger partial charge in [-0.2, -0.15) is 0 Å². The zero-order valence-electron chi connectivity index (χ0n) is 15.9. The molecule has 11 heteroatoms. The normalized spacial score (nSPS) is 19.5. The van der Waals surface area contributed by atoms with Crippen LogP contribution >= 0.6 is 23.5 Å². The van der Waals surface area contributed by atoms with Crippen molar-refractivity contribution in [3.05, 3.63) is 12.7 Å². The van der Waals surface area contributed by atoms with E-state index in [1.165, 1.54) is 23.5 Å². The molecule has 1 saturated heterocycles. The average Bonchev–Trinajstić information content (AvgIpc) is 3.21. The highest BCUT2D eigenvalue weighted by Crippen LogP contribution is 2.31. The SMILES string of the molecule is C=CCOC(=O)N1CC(SC(C)=O)CC1CSc1nnnn1CCN(C)C. The van der Waals surface area contributed by atoms with Gasteiger partial charge >= 0.3 is 6.09 Å². The maximum Gasteiger partial charge on any atom is 0.410 e. The molecule has 2 rings (SSSR count). The highest BCUT2D eigenvalue weighted by atomic mass is 32.2. The van der Waals surface area contributed by atoms with Crippen LogP contribution in [0, 0.1) is 0 Å². The van der Waals surface area contributed by atoms with Crippen molar-refractivity contribution in [1.82, 2.24) is 30.0 Å². The van der Waals surface area contributed by atoms with E-state index in [1.54, 1.807) is 22.6 Å². The van der Waals surface area contributed by atoms with Crippen LogP contribution in [-0.4, -0.2) is 92.1 Å². The first kappa shape index (κ1) is 21.7. The Hall–Kier alpha value is -1.59. The number of rotatable bonds is 9. The van der Waals surface area contributed by atoms with Crippen molar-refractivity contribution in [2.45, 2.75) is 36.3 Å². The molecule has 0 aliphatic carbocycles. The van der Waals surface area contributed by atoms with E-state index in [4.69, 9.17) is 4.74 Å². The van der Waals surface area contributed by atoms with Gasteiger partial charge in [-0.15, -0.1) is 5.10 Å². The molecule has 27 heavy (non-hydrogen) atoms. The van der Waals surface area contributed by atoms with Gasteiger partial charge in [0, 0.05) is 37.1 Å². The van der Waals surface area contributed by atoms with E-state index in [2.05, 4.69) is 27.0 Å². The van der Waals surface area contributed by atoms with Gasteiger partial charge < -0.3 is 14.5 Å². The number of hydrogen-bond donors (Lipinski definition) is 0. The summed E-state index contributed by atoms with van der Waals surface area (Å²) in [5.41, 5.74) is 0. The summed E-state index contributed by atoms with van der Waals surface area (Å²) < 4.78 is 6.96. The molecule has 0 N–H and O–H groups in total. The summed E-state index contributed by atoms with van der Waals surface area (Å²) in [5.74, 6) is 0.639. The first-order valence-corrected chi connectivity index (χ1v) is 10.5. The van der Waals surface area contributed by atoms with E-state index >= 15 is 0 Å². The van der Waals surface area contributed by atoms with Crippen molar-refractivity contribution in [2.24, 2.45) is 0 Å². The van der Waals surface area contributed by atoms with Crippen molar-refractivity contribution in [3.63, 3.8) is 0 Å². The lowest BCUT2D eigenvalue weighted by Gasteiger charge is -2.23. The van der Waals surface area contributed by atoms with E-state index in [0.717, 1.165) is 18.1 Å². The summed E-state index contributed by atoms with van der Waals surface area (Å²) in [7, 11) is 3.99. The second-order valence-corrected chi connectivity index (χ2v) is 8.90. The molecule has 150 valence electrons. The molecule has 1 amide bonds. The molecule has 9 nitrogen and oxygen atoms in total. The van der Waals surface area contributed by atoms with Crippen LogP contribution in [-0.2, 0) is 16.1 Å². The Morgan fingerprint density at radius 1 is 1.44 bits per heavy atom. The van der Waals surface area contributed by atoms with Gasteiger partial charge in [0.1, 0.15) is 6.61 Å². The number of ether oxygens (including phenoxy) is 1. The Kier molecular flexibility index (Phi) is 8.58. The highest BCUT2D eigenvalue weighted by molar-refractivity contribution is 8.14. The first-order chi connectivity index (χ1) is 12.9. The van der Waals surface area contributed by atoms with Gasteiger partial charge in [-0.05, 0) is 30.9 Å². The fourth-order valence-electron chi connectivity index (χ4n) is 2.69. The van der Waals surface area contributed by atoms with Crippen LogP contribution in [0.2, 0.25) is 0 Å². The minimum absolute atomic E-state index is 0.0387. The van der Waals surface area contributed by atoms with Crippen LogP contribution in [0.3, 0.4) is 0 Å². The molecule has 2 atom stereocenters. The molecule has 1 aromatic heterocycles. The van der Waals surface area contributed by atoms with Crippen LogP contribution < -0.4 is 0 Å². The molecule has 0 spiro atoms. The Morgan fingerprint density at radius 3 is 2.89 bits per heavy atom. The van der Waals surface area contributed by atoms with E-state index in [1.807, 2.05) is 14.1 Å². The molecule has 1 aromatic rings. The number of carbonyl (C=O) groups is 2. The summed E-state index contributed by atoms with van der Waals surface area (Å²) in [4.78, 5) is 27.6. The summed E-state index contributed by atoms with van der Waals surface area (Å²) in [6, 6.07) is -0.0387. The predicted molar refractivity (Wildman–Crippen MR) is 106 cm³/mol. The summed E-state index contributed by atoms with van der Waals surface area (Å²) >= 11 is 2.79. The zero-order chi connectivity index (χ0) is 19.8. The quantitative estimate of drug-likeness (QED) is 0.439. The van der Waals surface area contributed by atoms with Gasteiger partial charge in [-0.25, -0.2) is 9.48 Å². The first-order valence-electron chi connectivity index (χ1n) is 8.66. The van der Waals surface area contributed by atoms with E-state index < -0.39 is 0 Å². The molecule has 0 radical (unpaired) electrons. The largest absolute Gasteiger partial charge is 0.445 e. The number of likely N-dealkylation sites (tertiary alicyclic amines) is 1. The Labute approximate surface area is 167 Å². The maximum atomic E-state index is 12.4. The number of tetrazole rings is 1. The predicted octanol–water partition coefficient (Wildman–Crippen LogP) is 1.37. The second-order valence-electron chi connectivity index (χ2n) is 6.44. The van der Waals surface area contributed by atoms with Gasteiger partial charge in [0.2, 0.25) is 5.16 Å². The summed E-state index contributed by atoms with van der Waals surface area (Å²) in [6.45, 7) is 7.31. The smallest absolute Gasteiger partial charge is 0.410 e. The molecular weight excluding hydrogens is 388 g/mol. The van der Waals surface area contributed by atoms with Gasteiger partial charge in [-0.3, -0.25) is 4.79 Å². The molecule has 0 saturated carbocycles.